The summed E-state index contributed by atoms with van der Waals surface area (Å²) in [5.74, 6) is 0. The van der Waals surface area contributed by atoms with E-state index in [0.29, 0.717) is 23.9 Å². The monoisotopic (exact) mass is 304 g/mol. The van der Waals surface area contributed by atoms with Crippen molar-refractivity contribution < 1.29 is 13.2 Å². The summed E-state index contributed by atoms with van der Waals surface area (Å²) in [5.41, 5.74) is 0.620. The molecule has 1 unspecified atom stereocenters. The second kappa shape index (κ2) is 5.88. The number of thiophene rings is 1. The lowest BCUT2D eigenvalue weighted by Gasteiger charge is -2.22. The lowest BCUT2D eigenvalue weighted by molar-refractivity contribution is 0.0250. The minimum atomic E-state index is -3.42. The zero-order valence-electron chi connectivity index (χ0n) is 11.2. The maximum absolute atomic E-state index is 12.2. The van der Waals surface area contributed by atoms with Crippen LogP contribution in [0.3, 0.4) is 0 Å². The molecule has 0 aromatic carbocycles. The molecule has 1 aromatic rings. The van der Waals surface area contributed by atoms with Gasteiger partial charge in [0.15, 0.2) is 0 Å². The highest BCUT2D eigenvalue weighted by molar-refractivity contribution is 7.91. The topological polar surface area (TPSA) is 67.4 Å². The highest BCUT2D eigenvalue weighted by atomic mass is 32.2. The Morgan fingerprint density at radius 1 is 1.53 bits per heavy atom. The van der Waals surface area contributed by atoms with Crippen LogP contribution in [0.15, 0.2) is 15.7 Å². The first-order valence-electron chi connectivity index (χ1n) is 6.31. The lowest BCUT2D eigenvalue weighted by atomic mass is 10.0. The van der Waals surface area contributed by atoms with E-state index in [9.17, 15) is 8.42 Å². The first-order valence-corrected chi connectivity index (χ1v) is 8.67. The molecule has 1 aromatic heterocycles. The fourth-order valence-electron chi connectivity index (χ4n) is 2.09. The lowest BCUT2D eigenvalue weighted by Crippen LogP contribution is -2.39. The molecule has 7 heteroatoms. The highest BCUT2D eigenvalue weighted by Gasteiger charge is 2.31. The molecule has 1 fully saturated rings. The maximum Gasteiger partial charge on any atom is 0.250 e. The van der Waals surface area contributed by atoms with Crippen molar-refractivity contribution in [2.45, 2.75) is 36.1 Å². The Labute approximate surface area is 118 Å². The van der Waals surface area contributed by atoms with Gasteiger partial charge in [-0.3, -0.25) is 0 Å². The summed E-state index contributed by atoms with van der Waals surface area (Å²) in [6.45, 7) is 3.66. The third-order valence-corrected chi connectivity index (χ3v) is 6.10. The van der Waals surface area contributed by atoms with Gasteiger partial charge < -0.3 is 10.1 Å². The number of ether oxygens (including phenoxy) is 1. The van der Waals surface area contributed by atoms with Crippen molar-refractivity contribution in [2.24, 2.45) is 0 Å². The molecule has 1 aliphatic heterocycles. The van der Waals surface area contributed by atoms with Crippen molar-refractivity contribution in [2.75, 3.05) is 20.2 Å². The first kappa shape index (κ1) is 14.9. The fraction of sp³-hybridized carbons (Fsp3) is 0.667. The standard InChI is InChI=1S/C12H20N2O3S2/c1-12(4-3-5-17-12)9-14-19(15,16)11-6-10(7-13-2)8-18-11/h6,8,13-14H,3-5,7,9H2,1-2H3. The van der Waals surface area contributed by atoms with E-state index in [1.54, 1.807) is 6.07 Å². The molecule has 1 atom stereocenters. The highest BCUT2D eigenvalue weighted by Crippen LogP contribution is 2.25. The van der Waals surface area contributed by atoms with Gasteiger partial charge in [-0.2, -0.15) is 0 Å². The molecule has 0 radical (unpaired) electrons. The van der Waals surface area contributed by atoms with E-state index in [-0.39, 0.29) is 5.60 Å². The molecule has 2 N–H and O–H groups in total. The van der Waals surface area contributed by atoms with E-state index in [1.807, 2.05) is 19.4 Å². The number of rotatable bonds is 6. The molecule has 2 heterocycles. The Balaban J connectivity index is 2.01. The van der Waals surface area contributed by atoms with Crippen molar-refractivity contribution in [1.29, 1.82) is 0 Å². The molecule has 0 saturated carbocycles. The van der Waals surface area contributed by atoms with Gasteiger partial charge in [0, 0.05) is 19.7 Å². The predicted molar refractivity (Wildman–Crippen MR) is 75.9 cm³/mol. The van der Waals surface area contributed by atoms with Gasteiger partial charge in [-0.15, -0.1) is 11.3 Å². The van der Waals surface area contributed by atoms with Gasteiger partial charge in [0.05, 0.1) is 5.60 Å². The van der Waals surface area contributed by atoms with Gasteiger partial charge in [-0.25, -0.2) is 13.1 Å². The molecule has 108 valence electrons. The molecule has 0 amide bonds. The van der Waals surface area contributed by atoms with Crippen LogP contribution >= 0.6 is 11.3 Å². The van der Waals surface area contributed by atoms with Crippen LogP contribution < -0.4 is 10.0 Å². The van der Waals surface area contributed by atoms with Crippen LogP contribution in [-0.2, 0) is 21.3 Å². The second-order valence-electron chi connectivity index (χ2n) is 5.03. The Morgan fingerprint density at radius 2 is 2.32 bits per heavy atom. The summed E-state index contributed by atoms with van der Waals surface area (Å²) >= 11 is 1.25. The van der Waals surface area contributed by atoms with Gasteiger partial charge in [0.2, 0.25) is 10.0 Å². The number of hydrogen-bond acceptors (Lipinski definition) is 5. The van der Waals surface area contributed by atoms with E-state index in [4.69, 9.17) is 4.74 Å². The Bertz CT molecular complexity index is 519. The number of nitrogens with one attached hydrogen (secondary N) is 2. The SMILES string of the molecule is CNCc1csc(S(=O)(=O)NCC2(C)CCCO2)c1. The first-order chi connectivity index (χ1) is 8.95. The third-order valence-electron chi connectivity index (χ3n) is 3.21. The van der Waals surface area contributed by atoms with Crippen molar-refractivity contribution in [3.8, 4) is 0 Å². The van der Waals surface area contributed by atoms with Gasteiger partial charge >= 0.3 is 0 Å². The van der Waals surface area contributed by atoms with E-state index in [2.05, 4.69) is 10.0 Å². The molecule has 0 spiro atoms. The molecule has 1 saturated heterocycles. The minimum Gasteiger partial charge on any atom is -0.374 e. The minimum absolute atomic E-state index is 0.328. The van der Waals surface area contributed by atoms with Gasteiger partial charge in [0.25, 0.3) is 0 Å². The van der Waals surface area contributed by atoms with Crippen LogP contribution in [0.4, 0.5) is 0 Å². The van der Waals surface area contributed by atoms with Gasteiger partial charge in [-0.1, -0.05) is 0 Å². The third kappa shape index (κ3) is 3.76. The normalized spacial score (nSPS) is 23.9. The molecule has 5 nitrogen and oxygen atoms in total. The summed E-state index contributed by atoms with van der Waals surface area (Å²) in [4.78, 5) is 0. The molecular weight excluding hydrogens is 284 g/mol. The zero-order chi connectivity index (χ0) is 13.9. The van der Waals surface area contributed by atoms with Crippen LogP contribution in [0.1, 0.15) is 25.3 Å². The van der Waals surface area contributed by atoms with Gasteiger partial charge in [0.1, 0.15) is 4.21 Å². The molecular formula is C12H20N2O3S2. The fourth-order valence-corrected chi connectivity index (χ4v) is 4.50. The number of sulfonamides is 1. The summed E-state index contributed by atoms with van der Waals surface area (Å²) in [7, 11) is -1.59. The Morgan fingerprint density at radius 3 is 2.95 bits per heavy atom. The van der Waals surface area contributed by atoms with E-state index < -0.39 is 10.0 Å². The zero-order valence-corrected chi connectivity index (χ0v) is 12.9. The number of hydrogen-bond donors (Lipinski definition) is 2. The van der Waals surface area contributed by atoms with Crippen LogP contribution in [0.2, 0.25) is 0 Å². The molecule has 0 aliphatic carbocycles. The maximum atomic E-state index is 12.2. The summed E-state index contributed by atoms with van der Waals surface area (Å²) in [5, 5.41) is 4.86. The van der Waals surface area contributed by atoms with Crippen molar-refractivity contribution in [3.63, 3.8) is 0 Å². The molecule has 2 rings (SSSR count). The molecule has 0 bridgehead atoms. The van der Waals surface area contributed by atoms with Crippen molar-refractivity contribution in [3.05, 3.63) is 17.0 Å². The molecule has 1 aliphatic rings. The van der Waals surface area contributed by atoms with Crippen LogP contribution in [0.25, 0.3) is 0 Å². The van der Waals surface area contributed by atoms with E-state index in [0.717, 1.165) is 18.4 Å². The largest absolute Gasteiger partial charge is 0.374 e. The summed E-state index contributed by atoms with van der Waals surface area (Å²) < 4.78 is 32.9. The van der Waals surface area contributed by atoms with Crippen molar-refractivity contribution >= 4 is 21.4 Å². The Kier molecular flexibility index (Phi) is 4.62. The second-order valence-corrected chi connectivity index (χ2v) is 7.94. The summed E-state index contributed by atoms with van der Waals surface area (Å²) in [6, 6.07) is 1.71. The van der Waals surface area contributed by atoms with Crippen LogP contribution in [0, 0.1) is 0 Å². The average Bonchev–Trinajstić information content (AvgIpc) is 2.98. The van der Waals surface area contributed by atoms with E-state index in [1.165, 1.54) is 11.3 Å². The average molecular weight is 304 g/mol. The predicted octanol–water partition coefficient (Wildman–Crippen LogP) is 1.31. The quantitative estimate of drug-likeness (QED) is 0.832. The van der Waals surface area contributed by atoms with E-state index >= 15 is 0 Å². The van der Waals surface area contributed by atoms with Crippen LogP contribution in [-0.4, -0.2) is 34.2 Å². The van der Waals surface area contributed by atoms with Crippen molar-refractivity contribution in [1.82, 2.24) is 10.0 Å². The summed E-state index contributed by atoms with van der Waals surface area (Å²) in [6.07, 6.45) is 1.88. The molecule has 19 heavy (non-hydrogen) atoms. The van der Waals surface area contributed by atoms with Gasteiger partial charge in [-0.05, 0) is 43.8 Å². The van der Waals surface area contributed by atoms with Crippen LogP contribution in [0.5, 0.6) is 0 Å². The Hall–Kier alpha value is -0.470. The smallest absolute Gasteiger partial charge is 0.250 e.